The number of halogens is 1. The van der Waals surface area contributed by atoms with Crippen LogP contribution in [-0.2, 0) is 0 Å². The molecule has 2 N–H and O–H groups in total. The Morgan fingerprint density at radius 2 is 2.20 bits per heavy atom. The van der Waals surface area contributed by atoms with E-state index in [1.165, 1.54) is 17.4 Å². The zero-order valence-electron chi connectivity index (χ0n) is 11.0. The van der Waals surface area contributed by atoms with Crippen LogP contribution in [0.25, 0.3) is 0 Å². The monoisotopic (exact) mass is 311 g/mol. The number of thiophene rings is 1. The Morgan fingerprint density at radius 3 is 2.75 bits per heavy atom. The van der Waals surface area contributed by atoms with E-state index in [2.05, 4.69) is 5.32 Å². The number of nitrogens with one attached hydrogen (secondary N) is 1. The van der Waals surface area contributed by atoms with Gasteiger partial charge in [-0.2, -0.15) is 0 Å². The Hall–Kier alpha value is -1.72. The Morgan fingerprint density at radius 1 is 1.45 bits per heavy atom. The van der Waals surface area contributed by atoms with Crippen LogP contribution in [0.1, 0.15) is 28.9 Å². The number of carbonyl (C=O) groups is 1. The van der Waals surface area contributed by atoms with Crippen molar-refractivity contribution in [3.63, 3.8) is 0 Å². The molecule has 2 aromatic rings. The van der Waals surface area contributed by atoms with E-state index in [1.807, 2.05) is 18.4 Å². The molecule has 0 saturated heterocycles. The maximum absolute atomic E-state index is 11.0. The zero-order chi connectivity index (χ0) is 14.7. The normalized spacial score (nSPS) is 11.9. The van der Waals surface area contributed by atoms with Crippen LogP contribution in [0.5, 0.6) is 5.75 Å². The molecule has 1 aromatic heterocycles. The smallest absolute Gasteiger partial charge is 0.335 e. The van der Waals surface area contributed by atoms with E-state index < -0.39 is 5.97 Å². The summed E-state index contributed by atoms with van der Waals surface area (Å²) in [6.07, 6.45) is 0. The van der Waals surface area contributed by atoms with Crippen molar-refractivity contribution in [3.05, 3.63) is 45.1 Å². The van der Waals surface area contributed by atoms with Gasteiger partial charge >= 0.3 is 5.97 Å². The van der Waals surface area contributed by atoms with E-state index in [1.54, 1.807) is 19.2 Å². The predicted octanol–water partition coefficient (Wildman–Crippen LogP) is 4.28. The van der Waals surface area contributed by atoms with Gasteiger partial charge in [0.1, 0.15) is 5.75 Å². The third-order valence-electron chi connectivity index (χ3n) is 2.91. The van der Waals surface area contributed by atoms with Crippen LogP contribution in [0, 0.1) is 0 Å². The molecule has 0 aliphatic heterocycles. The van der Waals surface area contributed by atoms with Gasteiger partial charge < -0.3 is 15.2 Å². The van der Waals surface area contributed by atoms with Crippen LogP contribution >= 0.6 is 22.9 Å². The minimum Gasteiger partial charge on any atom is -0.495 e. The van der Waals surface area contributed by atoms with Gasteiger partial charge in [0.2, 0.25) is 0 Å². The Balaban J connectivity index is 2.27. The first-order chi connectivity index (χ1) is 9.51. The van der Waals surface area contributed by atoms with Crippen molar-refractivity contribution in [2.24, 2.45) is 0 Å². The molecule has 106 valence electrons. The topological polar surface area (TPSA) is 58.6 Å². The summed E-state index contributed by atoms with van der Waals surface area (Å²) in [6, 6.07) is 6.59. The molecule has 0 aliphatic carbocycles. The minimum absolute atomic E-state index is 0.00306. The largest absolute Gasteiger partial charge is 0.495 e. The molecule has 1 aromatic carbocycles. The Kier molecular flexibility index (Phi) is 4.52. The summed E-state index contributed by atoms with van der Waals surface area (Å²) < 4.78 is 5.97. The highest BCUT2D eigenvalue weighted by Gasteiger charge is 2.13. The molecular weight excluding hydrogens is 298 g/mol. The summed E-state index contributed by atoms with van der Waals surface area (Å²) in [5.74, 6) is -0.370. The Bertz CT molecular complexity index is 627. The molecule has 1 unspecified atom stereocenters. The molecule has 6 heteroatoms. The number of carboxylic acids is 1. The summed E-state index contributed by atoms with van der Waals surface area (Å²) >= 11 is 7.38. The van der Waals surface area contributed by atoms with Gasteiger partial charge in [-0.1, -0.05) is 11.6 Å². The average Bonchev–Trinajstić information content (AvgIpc) is 2.85. The van der Waals surface area contributed by atoms with Crippen LogP contribution in [0.3, 0.4) is 0 Å². The number of hydrogen-bond donors (Lipinski definition) is 2. The van der Waals surface area contributed by atoms with Gasteiger partial charge in [0.05, 0.1) is 22.7 Å². The number of anilines is 1. The highest BCUT2D eigenvalue weighted by atomic mass is 35.5. The lowest BCUT2D eigenvalue weighted by Crippen LogP contribution is -2.08. The van der Waals surface area contributed by atoms with E-state index in [4.69, 9.17) is 21.4 Å². The van der Waals surface area contributed by atoms with Gasteiger partial charge in [-0.15, -0.1) is 11.3 Å². The summed E-state index contributed by atoms with van der Waals surface area (Å²) in [5, 5.41) is 14.3. The first-order valence-electron chi connectivity index (χ1n) is 5.93. The lowest BCUT2D eigenvalue weighted by Gasteiger charge is -2.17. The predicted molar refractivity (Wildman–Crippen MR) is 81.3 cm³/mol. The summed E-state index contributed by atoms with van der Waals surface area (Å²) in [6.45, 7) is 1.98. The zero-order valence-corrected chi connectivity index (χ0v) is 12.6. The van der Waals surface area contributed by atoms with Gasteiger partial charge in [-0.25, -0.2) is 4.79 Å². The second-order valence-corrected chi connectivity index (χ2v) is 5.81. The van der Waals surface area contributed by atoms with Crippen molar-refractivity contribution in [2.75, 3.05) is 12.4 Å². The van der Waals surface area contributed by atoms with Crippen LogP contribution in [-0.4, -0.2) is 18.2 Å². The molecule has 0 bridgehead atoms. The fourth-order valence-corrected chi connectivity index (χ4v) is 2.81. The molecule has 1 atom stereocenters. The van der Waals surface area contributed by atoms with Crippen molar-refractivity contribution < 1.29 is 14.6 Å². The van der Waals surface area contributed by atoms with Gasteiger partial charge in [0.25, 0.3) is 0 Å². The van der Waals surface area contributed by atoms with Gasteiger partial charge in [0.15, 0.2) is 0 Å². The molecule has 0 spiro atoms. The van der Waals surface area contributed by atoms with Crippen molar-refractivity contribution in [1.29, 1.82) is 0 Å². The van der Waals surface area contributed by atoms with Crippen LogP contribution < -0.4 is 10.1 Å². The maximum Gasteiger partial charge on any atom is 0.335 e. The van der Waals surface area contributed by atoms with E-state index in [0.717, 1.165) is 9.90 Å². The fourth-order valence-electron chi connectivity index (χ4n) is 1.82. The highest BCUT2D eigenvalue weighted by Crippen LogP contribution is 2.31. The minimum atomic E-state index is -0.970. The first kappa shape index (κ1) is 14.7. The molecule has 0 saturated carbocycles. The van der Waals surface area contributed by atoms with Crippen LogP contribution in [0.4, 0.5) is 5.69 Å². The van der Waals surface area contributed by atoms with E-state index >= 15 is 0 Å². The van der Waals surface area contributed by atoms with Crippen molar-refractivity contribution in [3.8, 4) is 5.75 Å². The quantitative estimate of drug-likeness (QED) is 0.865. The Labute approximate surface area is 126 Å². The number of carboxylic acid groups (broad SMARTS) is 1. The number of aromatic carboxylic acids is 1. The first-order valence-corrected chi connectivity index (χ1v) is 7.19. The van der Waals surface area contributed by atoms with Crippen molar-refractivity contribution in [2.45, 2.75) is 13.0 Å². The highest BCUT2D eigenvalue weighted by molar-refractivity contribution is 7.14. The standard InChI is InChI=1S/C14H14ClNO3S/c1-8(10-6-13(15)20-7-10)16-11-5-9(14(17)18)3-4-12(11)19-2/h3-8,16H,1-2H3,(H,17,18). The summed E-state index contributed by atoms with van der Waals surface area (Å²) in [7, 11) is 1.55. The summed E-state index contributed by atoms with van der Waals surface area (Å²) in [5.41, 5.74) is 1.90. The third kappa shape index (κ3) is 3.23. The maximum atomic E-state index is 11.0. The number of methoxy groups -OCH3 is 1. The van der Waals surface area contributed by atoms with E-state index in [0.29, 0.717) is 11.4 Å². The molecular formula is C14H14ClNO3S. The molecule has 0 aliphatic rings. The number of rotatable bonds is 5. The van der Waals surface area contributed by atoms with Crippen LogP contribution in [0.15, 0.2) is 29.6 Å². The molecule has 2 rings (SSSR count). The van der Waals surface area contributed by atoms with Crippen LogP contribution in [0.2, 0.25) is 4.34 Å². The van der Waals surface area contributed by atoms with Gasteiger partial charge in [-0.3, -0.25) is 0 Å². The number of hydrogen-bond acceptors (Lipinski definition) is 4. The molecule has 1 heterocycles. The van der Waals surface area contributed by atoms with Crippen molar-refractivity contribution >= 4 is 34.6 Å². The average molecular weight is 312 g/mol. The lowest BCUT2D eigenvalue weighted by molar-refractivity contribution is 0.0697. The number of ether oxygens (including phenoxy) is 1. The fraction of sp³-hybridized carbons (Fsp3) is 0.214. The van der Waals surface area contributed by atoms with Gasteiger partial charge in [0, 0.05) is 6.04 Å². The summed E-state index contributed by atoms with van der Waals surface area (Å²) in [4.78, 5) is 11.0. The number of benzene rings is 1. The lowest BCUT2D eigenvalue weighted by atomic mass is 10.1. The van der Waals surface area contributed by atoms with E-state index in [9.17, 15) is 4.79 Å². The van der Waals surface area contributed by atoms with Crippen molar-refractivity contribution in [1.82, 2.24) is 0 Å². The second kappa shape index (κ2) is 6.15. The SMILES string of the molecule is COc1ccc(C(=O)O)cc1NC(C)c1csc(Cl)c1. The second-order valence-electron chi connectivity index (χ2n) is 4.27. The molecule has 0 amide bonds. The molecule has 0 radical (unpaired) electrons. The molecule has 4 nitrogen and oxygen atoms in total. The third-order valence-corrected chi connectivity index (χ3v) is 4.02. The van der Waals surface area contributed by atoms with E-state index in [-0.39, 0.29) is 11.6 Å². The molecule has 0 fully saturated rings. The molecule has 20 heavy (non-hydrogen) atoms. The van der Waals surface area contributed by atoms with Gasteiger partial charge in [-0.05, 0) is 42.1 Å².